The van der Waals surface area contributed by atoms with Gasteiger partial charge in [0.2, 0.25) is 5.91 Å². The zero-order chi connectivity index (χ0) is 18.2. The molecule has 1 heterocycles. The molecular formula is C19H29N3O3. The van der Waals surface area contributed by atoms with E-state index in [4.69, 9.17) is 5.11 Å². The Labute approximate surface area is 150 Å². The van der Waals surface area contributed by atoms with Crippen LogP contribution in [-0.4, -0.2) is 72.6 Å². The fourth-order valence-corrected chi connectivity index (χ4v) is 3.19. The second-order valence-electron chi connectivity index (χ2n) is 6.63. The van der Waals surface area contributed by atoms with Crippen LogP contribution in [0.5, 0.6) is 0 Å². The van der Waals surface area contributed by atoms with Gasteiger partial charge in [0, 0.05) is 51.4 Å². The van der Waals surface area contributed by atoms with Crippen LogP contribution < -0.4 is 4.90 Å². The van der Waals surface area contributed by atoms with E-state index < -0.39 is 5.97 Å². The van der Waals surface area contributed by atoms with Crippen LogP contribution in [0.3, 0.4) is 0 Å². The van der Waals surface area contributed by atoms with E-state index in [2.05, 4.69) is 41.0 Å². The summed E-state index contributed by atoms with van der Waals surface area (Å²) in [5.74, 6) is -1.01. The van der Waals surface area contributed by atoms with Gasteiger partial charge in [0.25, 0.3) is 0 Å². The van der Waals surface area contributed by atoms with Crippen molar-refractivity contribution in [2.75, 3.05) is 50.7 Å². The number of amides is 1. The van der Waals surface area contributed by atoms with Crippen molar-refractivity contribution >= 4 is 17.6 Å². The molecule has 1 aliphatic heterocycles. The summed E-state index contributed by atoms with van der Waals surface area (Å²) < 4.78 is 0. The summed E-state index contributed by atoms with van der Waals surface area (Å²) in [4.78, 5) is 29.3. The smallest absolute Gasteiger partial charge is 0.323 e. The molecule has 0 aromatic heterocycles. The fraction of sp³-hybridized carbons (Fsp3) is 0.579. The number of carbonyl (C=O) groups is 2. The Kier molecular flexibility index (Phi) is 7.25. The Morgan fingerprint density at radius 2 is 1.92 bits per heavy atom. The number of anilines is 1. The molecule has 0 spiro atoms. The first kappa shape index (κ1) is 19.2. The van der Waals surface area contributed by atoms with E-state index in [1.807, 2.05) is 6.92 Å². The van der Waals surface area contributed by atoms with Crippen LogP contribution in [0.1, 0.15) is 25.3 Å². The van der Waals surface area contributed by atoms with E-state index in [1.165, 1.54) is 16.2 Å². The van der Waals surface area contributed by atoms with Crippen LogP contribution in [0.2, 0.25) is 0 Å². The van der Waals surface area contributed by atoms with Gasteiger partial charge in [-0.15, -0.1) is 0 Å². The first-order valence-electron chi connectivity index (χ1n) is 9.03. The maximum atomic E-state index is 12.3. The number of aryl methyl sites for hydroxylation is 1. The summed E-state index contributed by atoms with van der Waals surface area (Å²) in [6.45, 7) is 8.80. The highest BCUT2D eigenvalue weighted by Gasteiger charge is 2.20. The Morgan fingerprint density at radius 3 is 2.52 bits per heavy atom. The topological polar surface area (TPSA) is 64.1 Å². The molecule has 1 saturated heterocycles. The molecule has 0 radical (unpaired) electrons. The van der Waals surface area contributed by atoms with Gasteiger partial charge in [-0.2, -0.15) is 0 Å². The molecule has 1 aromatic rings. The number of carbonyl (C=O) groups excluding carboxylic acids is 1. The predicted molar refractivity (Wildman–Crippen MR) is 99.0 cm³/mol. The van der Waals surface area contributed by atoms with Crippen molar-refractivity contribution < 1.29 is 14.7 Å². The van der Waals surface area contributed by atoms with Crippen LogP contribution in [0.25, 0.3) is 0 Å². The lowest BCUT2D eigenvalue weighted by atomic mass is 10.2. The van der Waals surface area contributed by atoms with Crippen molar-refractivity contribution in [1.82, 2.24) is 9.80 Å². The Morgan fingerprint density at radius 1 is 1.20 bits per heavy atom. The van der Waals surface area contributed by atoms with E-state index in [0.717, 1.165) is 32.6 Å². The van der Waals surface area contributed by atoms with Gasteiger partial charge < -0.3 is 14.9 Å². The number of rotatable bonds is 8. The Hall–Kier alpha value is -2.08. The van der Waals surface area contributed by atoms with Crippen molar-refractivity contribution in [3.05, 3.63) is 29.8 Å². The summed E-state index contributed by atoms with van der Waals surface area (Å²) in [5.41, 5.74) is 2.52. The highest BCUT2D eigenvalue weighted by molar-refractivity contribution is 5.81. The van der Waals surface area contributed by atoms with E-state index >= 15 is 0 Å². The lowest BCUT2D eigenvalue weighted by Gasteiger charge is -2.36. The summed E-state index contributed by atoms with van der Waals surface area (Å²) in [6, 6.07) is 8.53. The molecule has 1 aliphatic rings. The molecule has 2 rings (SSSR count). The van der Waals surface area contributed by atoms with Gasteiger partial charge in [-0.25, -0.2) is 0 Å². The molecule has 0 aliphatic carbocycles. The summed E-state index contributed by atoms with van der Waals surface area (Å²) >= 11 is 0. The number of piperazine rings is 1. The second kappa shape index (κ2) is 9.42. The van der Waals surface area contributed by atoms with Gasteiger partial charge in [-0.05, 0) is 31.0 Å². The molecule has 1 N–H and O–H groups in total. The number of hydrogen-bond acceptors (Lipinski definition) is 4. The van der Waals surface area contributed by atoms with E-state index in [-0.39, 0.29) is 12.5 Å². The first-order chi connectivity index (χ1) is 12.0. The van der Waals surface area contributed by atoms with Crippen molar-refractivity contribution in [1.29, 1.82) is 0 Å². The quantitative estimate of drug-likeness (QED) is 0.777. The molecule has 6 heteroatoms. The monoisotopic (exact) mass is 347 g/mol. The second-order valence-corrected chi connectivity index (χ2v) is 6.63. The molecule has 0 unspecified atom stereocenters. The largest absolute Gasteiger partial charge is 0.480 e. The van der Waals surface area contributed by atoms with Crippen LogP contribution >= 0.6 is 0 Å². The zero-order valence-electron chi connectivity index (χ0n) is 15.3. The predicted octanol–water partition coefficient (Wildman–Crippen LogP) is 1.83. The minimum absolute atomic E-state index is 0.0645. The average molecular weight is 347 g/mol. The highest BCUT2D eigenvalue weighted by atomic mass is 16.4. The third-order valence-corrected chi connectivity index (χ3v) is 4.55. The number of nitrogens with zero attached hydrogens (tertiary/aromatic N) is 3. The van der Waals surface area contributed by atoms with Gasteiger partial charge in [0.1, 0.15) is 6.54 Å². The maximum absolute atomic E-state index is 12.3. The SMILES string of the molecule is CCCN(CC(=O)O)C(=O)CCN1CCN(c2cccc(C)c2)CC1. The van der Waals surface area contributed by atoms with Crippen molar-refractivity contribution in [2.24, 2.45) is 0 Å². The number of benzene rings is 1. The minimum Gasteiger partial charge on any atom is -0.480 e. The van der Waals surface area contributed by atoms with Crippen LogP contribution in [0, 0.1) is 6.92 Å². The lowest BCUT2D eigenvalue weighted by Crippen LogP contribution is -2.47. The third-order valence-electron chi connectivity index (χ3n) is 4.55. The Balaban J connectivity index is 1.77. The third kappa shape index (κ3) is 6.05. The Bertz CT molecular complexity index is 583. The normalized spacial score (nSPS) is 15.2. The standard InChI is InChI=1S/C19H29N3O3/c1-3-8-22(15-19(24)25)18(23)7-9-20-10-12-21(13-11-20)17-6-4-5-16(2)14-17/h4-6,14H,3,7-13,15H2,1-2H3,(H,24,25). The molecule has 0 saturated carbocycles. The molecule has 1 amide bonds. The summed E-state index contributed by atoms with van der Waals surface area (Å²) in [5, 5.41) is 8.92. The van der Waals surface area contributed by atoms with Crippen LogP contribution in [0.4, 0.5) is 5.69 Å². The van der Waals surface area contributed by atoms with Gasteiger partial charge in [-0.1, -0.05) is 19.1 Å². The van der Waals surface area contributed by atoms with Gasteiger partial charge in [-0.3, -0.25) is 14.5 Å². The number of aliphatic carboxylic acids is 1. The maximum Gasteiger partial charge on any atom is 0.323 e. The first-order valence-corrected chi connectivity index (χ1v) is 9.03. The van der Waals surface area contributed by atoms with Crippen LogP contribution in [0.15, 0.2) is 24.3 Å². The van der Waals surface area contributed by atoms with Crippen LogP contribution in [-0.2, 0) is 9.59 Å². The molecular weight excluding hydrogens is 318 g/mol. The fourth-order valence-electron chi connectivity index (χ4n) is 3.19. The molecule has 25 heavy (non-hydrogen) atoms. The van der Waals surface area contributed by atoms with Gasteiger partial charge in [0.05, 0.1) is 0 Å². The minimum atomic E-state index is -0.950. The highest BCUT2D eigenvalue weighted by Crippen LogP contribution is 2.17. The molecule has 138 valence electrons. The van der Waals surface area contributed by atoms with Gasteiger partial charge in [0.15, 0.2) is 0 Å². The van der Waals surface area contributed by atoms with E-state index in [0.29, 0.717) is 19.5 Å². The summed E-state index contributed by atoms with van der Waals surface area (Å²) in [6.07, 6.45) is 1.16. The lowest BCUT2D eigenvalue weighted by molar-refractivity contribution is -0.144. The van der Waals surface area contributed by atoms with Crippen molar-refractivity contribution in [2.45, 2.75) is 26.7 Å². The molecule has 6 nitrogen and oxygen atoms in total. The molecule has 1 fully saturated rings. The zero-order valence-corrected chi connectivity index (χ0v) is 15.3. The van der Waals surface area contributed by atoms with Crippen molar-refractivity contribution in [3.8, 4) is 0 Å². The van der Waals surface area contributed by atoms with E-state index in [1.54, 1.807) is 0 Å². The molecule has 1 aromatic carbocycles. The summed E-state index contributed by atoms with van der Waals surface area (Å²) in [7, 11) is 0. The van der Waals surface area contributed by atoms with Crippen molar-refractivity contribution in [3.63, 3.8) is 0 Å². The molecule has 0 atom stereocenters. The number of carboxylic acid groups (broad SMARTS) is 1. The van der Waals surface area contributed by atoms with Gasteiger partial charge >= 0.3 is 5.97 Å². The van der Waals surface area contributed by atoms with E-state index in [9.17, 15) is 9.59 Å². The average Bonchev–Trinajstić information content (AvgIpc) is 2.59. The molecule has 0 bridgehead atoms. The number of hydrogen-bond donors (Lipinski definition) is 1. The number of carboxylic acids is 1.